The third-order valence-electron chi connectivity index (χ3n) is 5.37. The van der Waals surface area contributed by atoms with E-state index in [4.69, 9.17) is 11.2 Å². The van der Waals surface area contributed by atoms with E-state index in [1.165, 1.54) is 7.11 Å². The minimum Gasteiger partial charge on any atom is -0.367 e. The molecule has 4 aromatic carbocycles. The van der Waals surface area contributed by atoms with E-state index in [1.807, 2.05) is 103 Å². The monoisotopic (exact) mass is 465 g/mol. The smallest absolute Gasteiger partial charge is 0.258 e. The number of anilines is 1. The third kappa shape index (κ3) is 6.53. The molecule has 0 aromatic heterocycles. The summed E-state index contributed by atoms with van der Waals surface area (Å²) in [6.45, 7) is 0. The summed E-state index contributed by atoms with van der Waals surface area (Å²) in [4.78, 5) is 12.6. The van der Waals surface area contributed by atoms with E-state index in [0.29, 0.717) is 5.69 Å². The van der Waals surface area contributed by atoms with Gasteiger partial charge < -0.3 is 10.1 Å². The molecule has 36 heavy (non-hydrogen) atoms. The van der Waals surface area contributed by atoms with E-state index in [1.54, 1.807) is 0 Å². The summed E-state index contributed by atoms with van der Waals surface area (Å²) in [6, 6.07) is 32.2. The van der Waals surface area contributed by atoms with E-state index in [2.05, 4.69) is 34.9 Å². The predicted molar refractivity (Wildman–Crippen MR) is 144 cm³/mol. The fraction of sp³-hybridized carbons (Fsp3) is 0.0606. The number of carbonyl (C=O) groups is 1. The molecule has 0 aliphatic carbocycles. The molecular weight excluding hydrogens is 442 g/mol. The fourth-order valence-corrected chi connectivity index (χ4v) is 3.44. The van der Waals surface area contributed by atoms with Crippen molar-refractivity contribution >= 4 is 11.6 Å². The predicted octanol–water partition coefficient (Wildman–Crippen LogP) is 5.79. The summed E-state index contributed by atoms with van der Waals surface area (Å²) in [6.07, 6.45) is 4.71. The number of carbonyl (C=O) groups excluding carboxylic acids is 1. The van der Waals surface area contributed by atoms with E-state index in [0.717, 1.165) is 33.4 Å². The molecule has 0 fully saturated rings. The van der Waals surface area contributed by atoms with Gasteiger partial charge in [0.05, 0.1) is 0 Å². The van der Waals surface area contributed by atoms with Crippen LogP contribution in [0.3, 0.4) is 0 Å². The van der Waals surface area contributed by atoms with Gasteiger partial charge in [-0.05, 0) is 78.4 Å². The second-order valence-electron chi connectivity index (χ2n) is 7.89. The van der Waals surface area contributed by atoms with Crippen LogP contribution in [0.15, 0.2) is 103 Å². The molecule has 0 aliphatic rings. The maximum absolute atomic E-state index is 12.6. The van der Waals surface area contributed by atoms with E-state index < -0.39 is 6.10 Å². The van der Waals surface area contributed by atoms with Crippen LogP contribution in [-0.2, 0) is 9.53 Å². The molecule has 0 heterocycles. The number of ether oxygens (including phenoxy) is 1. The maximum Gasteiger partial charge on any atom is 0.258 e. The average molecular weight is 466 g/mol. The summed E-state index contributed by atoms with van der Waals surface area (Å²) >= 11 is 0. The van der Waals surface area contributed by atoms with Crippen molar-refractivity contribution < 1.29 is 9.53 Å². The average Bonchev–Trinajstić information content (AvgIpc) is 2.93. The Bertz CT molecular complexity index is 1490. The molecule has 3 nitrogen and oxygen atoms in total. The first kappa shape index (κ1) is 24.1. The largest absolute Gasteiger partial charge is 0.367 e. The van der Waals surface area contributed by atoms with Crippen LogP contribution >= 0.6 is 0 Å². The fourth-order valence-electron chi connectivity index (χ4n) is 3.44. The van der Waals surface area contributed by atoms with Crippen molar-refractivity contribution in [2.45, 2.75) is 6.10 Å². The van der Waals surface area contributed by atoms with Crippen LogP contribution in [0.5, 0.6) is 0 Å². The molecule has 0 aliphatic heterocycles. The number of hydrogen-bond acceptors (Lipinski definition) is 2. The van der Waals surface area contributed by atoms with Crippen LogP contribution in [0.1, 0.15) is 39.5 Å². The van der Waals surface area contributed by atoms with E-state index in [9.17, 15) is 4.79 Å². The Morgan fingerprint density at radius 1 is 0.667 bits per heavy atom. The summed E-state index contributed by atoms with van der Waals surface area (Å²) < 4.78 is 5.39. The number of methoxy groups -OCH3 is 1. The van der Waals surface area contributed by atoms with Crippen molar-refractivity contribution in [3.8, 4) is 36.0 Å². The Labute approximate surface area is 212 Å². The quantitative estimate of drug-likeness (QED) is 0.387. The van der Waals surface area contributed by atoms with Gasteiger partial charge in [0, 0.05) is 40.6 Å². The summed E-state index contributed by atoms with van der Waals surface area (Å²) in [5.41, 5.74) is 5.88. The first-order valence-corrected chi connectivity index (χ1v) is 11.3. The first-order chi connectivity index (χ1) is 17.6. The normalized spacial score (nSPS) is 10.6. The zero-order valence-corrected chi connectivity index (χ0v) is 19.8. The molecule has 4 rings (SSSR count). The lowest BCUT2D eigenvalue weighted by Gasteiger charge is -2.15. The Morgan fingerprint density at radius 2 is 1.08 bits per heavy atom. The Morgan fingerprint density at radius 3 is 1.50 bits per heavy atom. The molecule has 3 heteroatoms. The molecule has 1 amide bonds. The first-order valence-electron chi connectivity index (χ1n) is 11.3. The molecule has 1 N–H and O–H groups in total. The van der Waals surface area contributed by atoms with Crippen molar-refractivity contribution in [3.63, 3.8) is 0 Å². The van der Waals surface area contributed by atoms with Crippen molar-refractivity contribution in [2.24, 2.45) is 0 Å². The molecule has 0 saturated carbocycles. The SMILES string of the molecule is C#Cc1ccc(C#Cc2ccc(C#Cc3ccc(NC(=O)[C@@H](OC)c4ccccc4)cc3)cc2)cc1. The standard InChI is InChI=1S/C33H23NO2/c1-3-25-9-11-26(12-10-25)13-14-27-15-17-28(18-16-27)19-20-29-21-23-31(24-22-29)34-33(35)32(36-2)30-7-5-4-6-8-30/h1,4-12,15-18,21-24,32H,2H3,(H,34,35)/t32-/m0/s1. The van der Waals surface area contributed by atoms with Crippen LogP contribution in [0, 0.1) is 36.0 Å². The maximum atomic E-state index is 12.6. The zero-order chi connectivity index (χ0) is 25.2. The van der Waals surface area contributed by atoms with Gasteiger partial charge in [-0.15, -0.1) is 6.42 Å². The van der Waals surface area contributed by atoms with Crippen molar-refractivity contribution in [1.29, 1.82) is 0 Å². The van der Waals surface area contributed by atoms with Crippen LogP contribution in [-0.4, -0.2) is 13.0 Å². The lowest BCUT2D eigenvalue weighted by molar-refractivity contribution is -0.126. The van der Waals surface area contributed by atoms with Gasteiger partial charge in [0.15, 0.2) is 6.10 Å². The molecule has 1 atom stereocenters. The summed E-state index contributed by atoms with van der Waals surface area (Å²) in [5, 5.41) is 2.89. The second kappa shape index (κ2) is 11.9. The highest BCUT2D eigenvalue weighted by atomic mass is 16.5. The van der Waals surface area contributed by atoms with Gasteiger partial charge in [0.1, 0.15) is 0 Å². The highest BCUT2D eigenvalue weighted by molar-refractivity contribution is 5.94. The van der Waals surface area contributed by atoms with Crippen molar-refractivity contribution in [1.82, 2.24) is 0 Å². The van der Waals surface area contributed by atoms with Crippen molar-refractivity contribution in [3.05, 3.63) is 137 Å². The second-order valence-corrected chi connectivity index (χ2v) is 7.89. The van der Waals surface area contributed by atoms with Gasteiger partial charge in [0.2, 0.25) is 0 Å². The number of rotatable bonds is 4. The molecule has 0 spiro atoms. The van der Waals surface area contributed by atoms with Crippen LogP contribution in [0.2, 0.25) is 0 Å². The topological polar surface area (TPSA) is 38.3 Å². The molecule has 0 saturated heterocycles. The van der Waals surface area contributed by atoms with Crippen LogP contribution < -0.4 is 5.32 Å². The van der Waals surface area contributed by atoms with Gasteiger partial charge in [0.25, 0.3) is 5.91 Å². The molecule has 0 bridgehead atoms. The van der Waals surface area contributed by atoms with Gasteiger partial charge in [-0.1, -0.05) is 59.9 Å². The molecule has 0 radical (unpaired) electrons. The lowest BCUT2D eigenvalue weighted by Crippen LogP contribution is -2.22. The van der Waals surface area contributed by atoms with E-state index in [-0.39, 0.29) is 5.91 Å². The minimum absolute atomic E-state index is 0.227. The zero-order valence-electron chi connectivity index (χ0n) is 19.8. The van der Waals surface area contributed by atoms with Gasteiger partial charge in [-0.25, -0.2) is 0 Å². The number of nitrogens with one attached hydrogen (secondary N) is 1. The number of amides is 1. The van der Waals surface area contributed by atoms with Crippen LogP contribution in [0.25, 0.3) is 0 Å². The molecular formula is C33H23NO2. The van der Waals surface area contributed by atoms with Crippen LogP contribution in [0.4, 0.5) is 5.69 Å². The Hall–Kier alpha value is -5.01. The van der Waals surface area contributed by atoms with Gasteiger partial charge in [-0.3, -0.25) is 4.79 Å². The molecule has 4 aromatic rings. The van der Waals surface area contributed by atoms with Gasteiger partial charge in [-0.2, -0.15) is 0 Å². The number of hydrogen-bond donors (Lipinski definition) is 1. The Balaban J connectivity index is 1.37. The Kier molecular flexibility index (Phi) is 7.99. The number of benzene rings is 4. The third-order valence-corrected chi connectivity index (χ3v) is 5.37. The van der Waals surface area contributed by atoms with Crippen molar-refractivity contribution in [2.75, 3.05) is 12.4 Å². The summed E-state index contributed by atoms with van der Waals surface area (Å²) in [7, 11) is 1.52. The molecule has 0 unspecified atom stereocenters. The lowest BCUT2D eigenvalue weighted by atomic mass is 10.1. The number of terminal acetylenes is 1. The minimum atomic E-state index is -0.674. The van der Waals surface area contributed by atoms with E-state index >= 15 is 0 Å². The highest BCUT2D eigenvalue weighted by Gasteiger charge is 2.19. The summed E-state index contributed by atoms with van der Waals surface area (Å²) in [5.74, 6) is 15.0. The molecule has 172 valence electrons. The highest BCUT2D eigenvalue weighted by Crippen LogP contribution is 2.19. The van der Waals surface area contributed by atoms with Gasteiger partial charge >= 0.3 is 0 Å².